The van der Waals surface area contributed by atoms with E-state index in [-0.39, 0.29) is 36.8 Å². The van der Waals surface area contributed by atoms with Gasteiger partial charge >= 0.3 is 19.2 Å². The van der Waals surface area contributed by atoms with Crippen molar-refractivity contribution in [1.29, 1.82) is 5.26 Å². The predicted molar refractivity (Wildman–Crippen MR) is 136 cm³/mol. The molecule has 6 N–H and O–H groups in total. The van der Waals surface area contributed by atoms with E-state index in [9.17, 15) is 49.0 Å². The first-order valence-electron chi connectivity index (χ1n) is 12.6. The van der Waals surface area contributed by atoms with Gasteiger partial charge in [-0.25, -0.2) is 14.2 Å². The number of nitrogens with zero attached hydrogens (tertiary/aromatic N) is 3. The molecule has 0 radical (unpaired) electrons. The maximum atomic E-state index is 12.6. The van der Waals surface area contributed by atoms with Crippen molar-refractivity contribution in [1.82, 2.24) is 19.1 Å². The van der Waals surface area contributed by atoms with Crippen LogP contribution in [0.15, 0.2) is 31.6 Å². The summed E-state index contributed by atoms with van der Waals surface area (Å²) in [5.74, 6) is -1.17. The van der Waals surface area contributed by atoms with Gasteiger partial charge in [-0.1, -0.05) is 0 Å². The highest BCUT2D eigenvalue weighted by atomic mass is 31.2. The molecule has 17 nitrogen and oxygen atoms in total. The Bertz CT molecular complexity index is 1620. The first-order valence-corrected chi connectivity index (χ1v) is 14.1. The number of aryl methyl sites for hydroxylation is 2. The molecule has 18 heteroatoms. The SMILES string of the molecule is Cc1cn(C2CC(O)C(C(CCC#N)C3(CO)OC(n4cc(C)c(=O)[nH]c4=O)CC3OP(=O)(O)O)O2)c(=O)[nH]c1=O. The summed E-state index contributed by atoms with van der Waals surface area (Å²) in [5.41, 5.74) is -4.69. The minimum Gasteiger partial charge on any atom is -0.393 e. The molecule has 0 aromatic carbocycles. The zero-order chi connectivity index (χ0) is 30.3. The molecule has 2 aromatic rings. The highest BCUT2D eigenvalue weighted by molar-refractivity contribution is 7.46. The molecule has 7 atom stereocenters. The summed E-state index contributed by atoms with van der Waals surface area (Å²) in [6.45, 7) is 1.94. The molecule has 4 heterocycles. The van der Waals surface area contributed by atoms with Gasteiger partial charge in [-0.2, -0.15) is 5.26 Å². The number of phosphoric acid groups is 1. The maximum Gasteiger partial charge on any atom is 0.469 e. The van der Waals surface area contributed by atoms with Crippen molar-refractivity contribution < 1.29 is 38.6 Å². The summed E-state index contributed by atoms with van der Waals surface area (Å²) in [6, 6.07) is 1.94. The van der Waals surface area contributed by atoms with Crippen LogP contribution in [-0.4, -0.2) is 69.6 Å². The van der Waals surface area contributed by atoms with E-state index in [4.69, 9.17) is 14.0 Å². The van der Waals surface area contributed by atoms with Crippen LogP contribution in [0.3, 0.4) is 0 Å². The number of H-pyrrole nitrogens is 2. The average molecular weight is 599 g/mol. The highest BCUT2D eigenvalue weighted by Gasteiger charge is 2.60. The zero-order valence-electron chi connectivity index (χ0n) is 22.0. The van der Waals surface area contributed by atoms with E-state index in [1.165, 1.54) is 26.2 Å². The third-order valence-corrected chi connectivity index (χ3v) is 8.00. The Labute approximate surface area is 230 Å². The fourth-order valence-corrected chi connectivity index (χ4v) is 6.12. The number of hydrogen-bond acceptors (Lipinski definition) is 11. The predicted octanol–water partition coefficient (Wildman–Crippen LogP) is -1.60. The second kappa shape index (κ2) is 11.6. The topological polar surface area (TPSA) is 259 Å². The summed E-state index contributed by atoms with van der Waals surface area (Å²) in [4.78, 5) is 72.4. The molecule has 7 unspecified atom stereocenters. The zero-order valence-corrected chi connectivity index (χ0v) is 22.9. The van der Waals surface area contributed by atoms with Crippen LogP contribution >= 0.6 is 7.82 Å². The van der Waals surface area contributed by atoms with E-state index in [0.717, 1.165) is 9.13 Å². The molecule has 0 amide bonds. The third-order valence-electron chi connectivity index (χ3n) is 7.47. The van der Waals surface area contributed by atoms with E-state index in [1.807, 2.05) is 6.07 Å². The number of aromatic amines is 2. The van der Waals surface area contributed by atoms with Gasteiger partial charge in [0.15, 0.2) is 0 Å². The normalized spacial score (nSPS) is 29.0. The molecule has 0 bridgehead atoms. The van der Waals surface area contributed by atoms with Crippen LogP contribution < -0.4 is 22.5 Å². The number of nitriles is 1. The third kappa shape index (κ3) is 6.05. The van der Waals surface area contributed by atoms with E-state index in [0.29, 0.717) is 0 Å². The van der Waals surface area contributed by atoms with Gasteiger partial charge in [0.05, 0.1) is 24.9 Å². The molecular weight excluding hydrogens is 569 g/mol. The van der Waals surface area contributed by atoms with Gasteiger partial charge in [-0.15, -0.1) is 0 Å². The van der Waals surface area contributed by atoms with Crippen molar-refractivity contribution in [2.45, 2.75) is 75.9 Å². The minimum absolute atomic E-state index is 0.127. The van der Waals surface area contributed by atoms with Crippen molar-refractivity contribution in [3.63, 3.8) is 0 Å². The number of rotatable bonds is 9. The molecular formula is C23H30N5O12P. The van der Waals surface area contributed by atoms with Crippen LogP contribution in [-0.2, 0) is 18.6 Å². The van der Waals surface area contributed by atoms with Gasteiger partial charge in [-0.3, -0.25) is 33.2 Å². The van der Waals surface area contributed by atoms with E-state index >= 15 is 0 Å². The highest BCUT2D eigenvalue weighted by Crippen LogP contribution is 2.53. The lowest BCUT2D eigenvalue weighted by Crippen LogP contribution is -2.56. The molecule has 2 aromatic heterocycles. The van der Waals surface area contributed by atoms with Crippen LogP contribution in [0.4, 0.5) is 0 Å². The number of hydrogen-bond donors (Lipinski definition) is 6. The van der Waals surface area contributed by atoms with E-state index < -0.39 is 79.2 Å². The first kappa shape index (κ1) is 30.8. The van der Waals surface area contributed by atoms with Gasteiger partial charge in [-0.05, 0) is 20.3 Å². The second-order valence-corrected chi connectivity index (χ2v) is 11.3. The van der Waals surface area contributed by atoms with Gasteiger partial charge in [0, 0.05) is 48.7 Å². The number of aliphatic hydroxyl groups excluding tert-OH is 2. The minimum atomic E-state index is -5.23. The van der Waals surface area contributed by atoms with Crippen molar-refractivity contribution >= 4 is 7.82 Å². The van der Waals surface area contributed by atoms with Crippen molar-refractivity contribution in [3.05, 3.63) is 65.2 Å². The fourth-order valence-electron chi connectivity index (χ4n) is 5.53. The Kier molecular flexibility index (Phi) is 8.69. The molecule has 0 saturated carbocycles. The van der Waals surface area contributed by atoms with Crippen LogP contribution in [0.5, 0.6) is 0 Å². The summed E-state index contributed by atoms with van der Waals surface area (Å²) in [6.07, 6.45) is -5.00. The van der Waals surface area contributed by atoms with Gasteiger partial charge in [0.25, 0.3) is 11.1 Å². The van der Waals surface area contributed by atoms with E-state index in [1.54, 1.807) is 0 Å². The molecule has 2 saturated heterocycles. The summed E-state index contributed by atoms with van der Waals surface area (Å²) >= 11 is 0. The molecule has 2 fully saturated rings. The Morgan fingerprint density at radius 3 is 2.17 bits per heavy atom. The average Bonchev–Trinajstić information content (AvgIpc) is 3.44. The van der Waals surface area contributed by atoms with Crippen molar-refractivity contribution in [3.8, 4) is 6.07 Å². The molecule has 0 aliphatic carbocycles. The smallest absolute Gasteiger partial charge is 0.393 e. The summed E-state index contributed by atoms with van der Waals surface area (Å²) in [5, 5.41) is 31.1. The Morgan fingerprint density at radius 2 is 1.66 bits per heavy atom. The number of aromatic nitrogens is 4. The summed E-state index contributed by atoms with van der Waals surface area (Å²) < 4.78 is 31.2. The van der Waals surface area contributed by atoms with Gasteiger partial charge < -0.3 is 29.5 Å². The quantitative estimate of drug-likeness (QED) is 0.178. The molecule has 2 aliphatic rings. The summed E-state index contributed by atoms with van der Waals surface area (Å²) in [7, 11) is -5.23. The van der Waals surface area contributed by atoms with E-state index in [2.05, 4.69) is 9.97 Å². The van der Waals surface area contributed by atoms with Crippen LogP contribution in [0.2, 0.25) is 0 Å². The number of aliphatic hydroxyl groups is 2. The lowest BCUT2D eigenvalue weighted by molar-refractivity contribution is -0.195. The molecule has 0 spiro atoms. The number of ether oxygens (including phenoxy) is 2. The van der Waals surface area contributed by atoms with Crippen LogP contribution in [0.1, 0.15) is 49.3 Å². The van der Waals surface area contributed by atoms with Gasteiger partial charge in [0.1, 0.15) is 24.2 Å². The number of nitrogens with one attached hydrogen (secondary N) is 2. The van der Waals surface area contributed by atoms with Crippen LogP contribution in [0, 0.1) is 31.1 Å². The molecule has 2 aliphatic heterocycles. The largest absolute Gasteiger partial charge is 0.469 e. The standard InChI is InChI=1S/C23H30N5O12P/c1-11-8-27(21(33)25-19(11)31)16-6-14(30)18(38-16)13(4-3-5-24)23(10-29)15(40-41(35,36)37)7-17(39-23)28-9-12(2)20(32)26-22(28)34/h8-9,13-18,29-30H,3-4,6-7,10H2,1-2H3,(H,25,31,33)(H,26,32,34)(H2,35,36,37). The van der Waals surface area contributed by atoms with Gasteiger partial charge in [0.2, 0.25) is 0 Å². The monoisotopic (exact) mass is 599 g/mol. The van der Waals surface area contributed by atoms with Crippen molar-refractivity contribution in [2.75, 3.05) is 6.61 Å². The fraction of sp³-hybridized carbons (Fsp3) is 0.609. The Hall–Kier alpha value is -3.20. The lowest BCUT2D eigenvalue weighted by atomic mass is 9.76. The Balaban J connectivity index is 1.79. The lowest BCUT2D eigenvalue weighted by Gasteiger charge is -2.42. The molecule has 224 valence electrons. The van der Waals surface area contributed by atoms with Crippen molar-refractivity contribution in [2.24, 2.45) is 5.92 Å². The second-order valence-electron chi connectivity index (χ2n) is 10.1. The molecule has 41 heavy (non-hydrogen) atoms. The molecule has 4 rings (SSSR count). The Morgan fingerprint density at radius 1 is 1.10 bits per heavy atom. The maximum absolute atomic E-state index is 12.6. The number of phosphoric ester groups is 1. The first-order chi connectivity index (χ1) is 19.2. The van der Waals surface area contributed by atoms with Crippen LogP contribution in [0.25, 0.3) is 0 Å².